The van der Waals surface area contributed by atoms with Crippen LogP contribution < -0.4 is 0 Å². The maximum atomic E-state index is 9.86. The zero-order valence-corrected chi connectivity index (χ0v) is 11.2. The van der Waals surface area contributed by atoms with Crippen LogP contribution >= 0.6 is 11.6 Å². The number of halogens is 1. The number of phenolic OH excluding ortho intramolecular Hbond substituents is 1. The molecule has 1 N–H and O–H groups in total. The van der Waals surface area contributed by atoms with Gasteiger partial charge in [0.15, 0.2) is 0 Å². The van der Waals surface area contributed by atoms with Gasteiger partial charge in [-0.15, -0.1) is 0 Å². The van der Waals surface area contributed by atoms with Crippen molar-refractivity contribution in [1.82, 2.24) is 4.90 Å². The lowest BCUT2D eigenvalue weighted by Gasteiger charge is -2.38. The highest BCUT2D eigenvalue weighted by atomic mass is 35.5. The molecule has 94 valence electrons. The SMILES string of the molecule is CC1CCCN(Cc2c(O)cccc2Cl)C1C. The number of rotatable bonds is 2. The van der Waals surface area contributed by atoms with Gasteiger partial charge in [-0.25, -0.2) is 0 Å². The predicted molar refractivity (Wildman–Crippen MR) is 71.4 cm³/mol. The number of piperidine rings is 1. The zero-order chi connectivity index (χ0) is 12.4. The second-order valence-electron chi connectivity index (χ2n) is 5.07. The Labute approximate surface area is 108 Å². The molecule has 1 aliphatic rings. The lowest BCUT2D eigenvalue weighted by Crippen LogP contribution is -2.41. The van der Waals surface area contributed by atoms with E-state index in [1.54, 1.807) is 12.1 Å². The molecule has 2 rings (SSSR count). The standard InChI is InChI=1S/C14H20ClNO/c1-10-5-4-8-16(11(10)2)9-12-13(15)6-3-7-14(12)17/h3,6-7,10-11,17H,4-5,8-9H2,1-2H3. The molecule has 0 radical (unpaired) electrons. The van der Waals surface area contributed by atoms with Crippen LogP contribution in [0, 0.1) is 5.92 Å². The van der Waals surface area contributed by atoms with Crippen molar-refractivity contribution in [2.45, 2.75) is 39.3 Å². The second-order valence-corrected chi connectivity index (χ2v) is 5.48. The topological polar surface area (TPSA) is 23.5 Å². The summed E-state index contributed by atoms with van der Waals surface area (Å²) in [6.07, 6.45) is 2.53. The molecule has 1 fully saturated rings. The molecule has 2 atom stereocenters. The summed E-state index contributed by atoms with van der Waals surface area (Å²) in [6.45, 7) is 6.40. The summed E-state index contributed by atoms with van der Waals surface area (Å²) >= 11 is 6.15. The smallest absolute Gasteiger partial charge is 0.121 e. The van der Waals surface area contributed by atoms with Crippen LogP contribution in [0.15, 0.2) is 18.2 Å². The molecular weight excluding hydrogens is 234 g/mol. The molecule has 1 aliphatic heterocycles. The molecule has 2 nitrogen and oxygen atoms in total. The van der Waals surface area contributed by atoms with Gasteiger partial charge in [0.25, 0.3) is 0 Å². The molecule has 0 spiro atoms. The Morgan fingerprint density at radius 2 is 2.18 bits per heavy atom. The molecule has 0 bridgehead atoms. The molecular formula is C14H20ClNO. The largest absolute Gasteiger partial charge is 0.508 e. The zero-order valence-electron chi connectivity index (χ0n) is 10.5. The number of phenols is 1. The van der Waals surface area contributed by atoms with Crippen molar-refractivity contribution < 1.29 is 5.11 Å². The summed E-state index contributed by atoms with van der Waals surface area (Å²) < 4.78 is 0. The van der Waals surface area contributed by atoms with Gasteiger partial charge in [0.1, 0.15) is 5.75 Å². The monoisotopic (exact) mass is 253 g/mol. The lowest BCUT2D eigenvalue weighted by atomic mass is 9.91. The van der Waals surface area contributed by atoms with E-state index < -0.39 is 0 Å². The number of aromatic hydroxyl groups is 1. The Bertz CT molecular complexity index is 374. The van der Waals surface area contributed by atoms with Crippen molar-refractivity contribution in [3.05, 3.63) is 28.8 Å². The van der Waals surface area contributed by atoms with Crippen LogP contribution in [-0.2, 0) is 6.54 Å². The first-order chi connectivity index (χ1) is 8.09. The summed E-state index contributed by atoms with van der Waals surface area (Å²) in [6, 6.07) is 5.89. The first kappa shape index (κ1) is 12.7. The molecule has 1 heterocycles. The molecule has 0 aromatic heterocycles. The van der Waals surface area contributed by atoms with Crippen molar-refractivity contribution in [2.75, 3.05) is 6.54 Å². The molecule has 0 aliphatic carbocycles. The maximum absolute atomic E-state index is 9.86. The van der Waals surface area contributed by atoms with Crippen molar-refractivity contribution in [2.24, 2.45) is 5.92 Å². The van der Waals surface area contributed by atoms with E-state index in [0.717, 1.165) is 18.7 Å². The van der Waals surface area contributed by atoms with Crippen LogP contribution in [0.5, 0.6) is 5.75 Å². The fraction of sp³-hybridized carbons (Fsp3) is 0.571. The summed E-state index contributed by atoms with van der Waals surface area (Å²) in [4.78, 5) is 2.41. The Hall–Kier alpha value is -0.730. The van der Waals surface area contributed by atoms with Gasteiger partial charge >= 0.3 is 0 Å². The Kier molecular flexibility index (Phi) is 3.95. The Morgan fingerprint density at radius 3 is 2.88 bits per heavy atom. The van der Waals surface area contributed by atoms with Crippen LogP contribution in [0.25, 0.3) is 0 Å². The fourth-order valence-corrected chi connectivity index (χ4v) is 2.78. The van der Waals surface area contributed by atoms with Gasteiger partial charge < -0.3 is 5.11 Å². The van der Waals surface area contributed by atoms with Crippen LogP contribution in [0.4, 0.5) is 0 Å². The van der Waals surface area contributed by atoms with Crippen molar-refractivity contribution in [1.29, 1.82) is 0 Å². The molecule has 0 saturated carbocycles. The maximum Gasteiger partial charge on any atom is 0.121 e. The summed E-state index contributed by atoms with van der Waals surface area (Å²) in [7, 11) is 0. The Balaban J connectivity index is 2.15. The fourth-order valence-electron chi connectivity index (χ4n) is 2.55. The van der Waals surface area contributed by atoms with Gasteiger partial charge in [0.2, 0.25) is 0 Å². The summed E-state index contributed by atoms with van der Waals surface area (Å²) in [5.41, 5.74) is 0.857. The number of likely N-dealkylation sites (tertiary alicyclic amines) is 1. The van der Waals surface area contributed by atoms with Crippen LogP contribution in [0.3, 0.4) is 0 Å². The predicted octanol–water partition coefficient (Wildman–Crippen LogP) is 3.67. The molecule has 0 amide bonds. The van der Waals surface area contributed by atoms with E-state index in [1.807, 2.05) is 6.07 Å². The number of nitrogens with zero attached hydrogens (tertiary/aromatic N) is 1. The van der Waals surface area contributed by atoms with Gasteiger partial charge in [0, 0.05) is 23.2 Å². The highest BCUT2D eigenvalue weighted by Gasteiger charge is 2.25. The Morgan fingerprint density at radius 1 is 1.41 bits per heavy atom. The van der Waals surface area contributed by atoms with E-state index in [1.165, 1.54) is 12.8 Å². The third-order valence-electron chi connectivity index (χ3n) is 3.96. The first-order valence-electron chi connectivity index (χ1n) is 6.30. The van der Waals surface area contributed by atoms with E-state index >= 15 is 0 Å². The number of hydrogen-bond donors (Lipinski definition) is 1. The molecule has 3 heteroatoms. The van der Waals surface area contributed by atoms with Crippen molar-refractivity contribution in [3.8, 4) is 5.75 Å². The lowest BCUT2D eigenvalue weighted by molar-refractivity contribution is 0.106. The van der Waals surface area contributed by atoms with Gasteiger partial charge in [-0.05, 0) is 44.4 Å². The average molecular weight is 254 g/mol. The van der Waals surface area contributed by atoms with Crippen LogP contribution in [0.1, 0.15) is 32.3 Å². The second kappa shape index (κ2) is 5.28. The van der Waals surface area contributed by atoms with Gasteiger partial charge in [-0.1, -0.05) is 24.6 Å². The number of benzene rings is 1. The quantitative estimate of drug-likeness (QED) is 0.870. The minimum atomic E-state index is 0.308. The summed E-state index contributed by atoms with van der Waals surface area (Å²) in [5.74, 6) is 1.02. The van der Waals surface area contributed by atoms with E-state index in [0.29, 0.717) is 22.7 Å². The third kappa shape index (κ3) is 2.75. The highest BCUT2D eigenvalue weighted by Crippen LogP contribution is 2.30. The first-order valence-corrected chi connectivity index (χ1v) is 6.68. The van der Waals surface area contributed by atoms with E-state index in [-0.39, 0.29) is 0 Å². The van der Waals surface area contributed by atoms with E-state index in [9.17, 15) is 5.11 Å². The average Bonchev–Trinajstić information content (AvgIpc) is 2.29. The van der Waals surface area contributed by atoms with E-state index in [2.05, 4.69) is 18.7 Å². The molecule has 1 saturated heterocycles. The number of hydrogen-bond acceptors (Lipinski definition) is 2. The van der Waals surface area contributed by atoms with Crippen molar-refractivity contribution >= 4 is 11.6 Å². The molecule has 1 aromatic carbocycles. The van der Waals surface area contributed by atoms with E-state index in [4.69, 9.17) is 11.6 Å². The highest BCUT2D eigenvalue weighted by molar-refractivity contribution is 6.31. The van der Waals surface area contributed by atoms with Crippen LogP contribution in [0.2, 0.25) is 5.02 Å². The van der Waals surface area contributed by atoms with Gasteiger partial charge in [-0.3, -0.25) is 4.90 Å². The van der Waals surface area contributed by atoms with Gasteiger partial charge in [0.05, 0.1) is 0 Å². The van der Waals surface area contributed by atoms with Crippen molar-refractivity contribution in [3.63, 3.8) is 0 Å². The minimum absolute atomic E-state index is 0.308. The van der Waals surface area contributed by atoms with Crippen LogP contribution in [-0.4, -0.2) is 22.6 Å². The normalized spacial score (nSPS) is 26.1. The third-order valence-corrected chi connectivity index (χ3v) is 4.31. The molecule has 17 heavy (non-hydrogen) atoms. The van der Waals surface area contributed by atoms with Gasteiger partial charge in [-0.2, -0.15) is 0 Å². The molecule has 1 aromatic rings. The minimum Gasteiger partial charge on any atom is -0.508 e. The summed E-state index contributed by atoms with van der Waals surface area (Å²) in [5, 5.41) is 10.5. The molecule has 2 unspecified atom stereocenters.